The molecule has 0 N–H and O–H groups in total. The minimum absolute atomic E-state index is 0.0953. The second-order valence-corrected chi connectivity index (χ2v) is 5.00. The van der Waals surface area contributed by atoms with E-state index in [4.69, 9.17) is 0 Å². The van der Waals surface area contributed by atoms with Crippen LogP contribution in [-0.2, 0) is 0 Å². The van der Waals surface area contributed by atoms with E-state index >= 15 is 0 Å². The van der Waals surface area contributed by atoms with Crippen LogP contribution in [0.25, 0.3) is 15.4 Å². The van der Waals surface area contributed by atoms with Crippen molar-refractivity contribution in [3.8, 4) is 10.4 Å². The van der Waals surface area contributed by atoms with Gasteiger partial charge in [0.05, 0.1) is 4.88 Å². The van der Waals surface area contributed by atoms with Gasteiger partial charge in [0.15, 0.2) is 4.96 Å². The molecule has 2 heterocycles. The summed E-state index contributed by atoms with van der Waals surface area (Å²) in [6.45, 7) is 1.79. The molecule has 3 aromatic rings. The number of rotatable bonds is 1. The normalized spacial score (nSPS) is 11.0. The Morgan fingerprint density at radius 1 is 1.28 bits per heavy atom. The van der Waals surface area contributed by atoms with Gasteiger partial charge in [-0.3, -0.25) is 9.20 Å². The smallest absolute Gasteiger partial charge is 0.258 e. The molecule has 0 bridgehead atoms. The predicted molar refractivity (Wildman–Crippen MR) is 69.5 cm³/mol. The molecule has 0 radical (unpaired) electrons. The maximum absolute atomic E-state index is 12.9. The van der Waals surface area contributed by atoms with Crippen LogP contribution in [0.4, 0.5) is 4.39 Å². The van der Waals surface area contributed by atoms with Crippen molar-refractivity contribution < 1.29 is 4.39 Å². The highest BCUT2D eigenvalue weighted by Gasteiger charge is 2.07. The molecule has 0 aliphatic carbocycles. The van der Waals surface area contributed by atoms with Crippen LogP contribution in [0.2, 0.25) is 0 Å². The molecule has 0 fully saturated rings. The molecule has 0 aliphatic rings. The van der Waals surface area contributed by atoms with Gasteiger partial charge in [0, 0.05) is 18.0 Å². The van der Waals surface area contributed by atoms with E-state index in [1.165, 1.54) is 33.9 Å². The molecule has 1 aromatic carbocycles. The van der Waals surface area contributed by atoms with Crippen LogP contribution < -0.4 is 5.56 Å². The fraction of sp³-hybridized carbons (Fsp3) is 0.0769. The first-order valence-corrected chi connectivity index (χ1v) is 6.21. The summed E-state index contributed by atoms with van der Waals surface area (Å²) in [6.07, 6.45) is 1.74. The fourth-order valence-electron chi connectivity index (χ4n) is 1.76. The second kappa shape index (κ2) is 4.03. The SMILES string of the molecule is Cc1cc(=O)n2cc(-c3ccc(F)cc3)sc2n1. The van der Waals surface area contributed by atoms with Gasteiger partial charge in [-0.15, -0.1) is 0 Å². The Morgan fingerprint density at radius 2 is 2.00 bits per heavy atom. The first-order chi connectivity index (χ1) is 8.63. The van der Waals surface area contributed by atoms with E-state index in [0.717, 1.165) is 10.4 Å². The fourth-order valence-corrected chi connectivity index (χ4v) is 2.80. The first-order valence-electron chi connectivity index (χ1n) is 5.39. The highest BCUT2D eigenvalue weighted by molar-refractivity contribution is 7.20. The highest BCUT2D eigenvalue weighted by atomic mass is 32.1. The van der Waals surface area contributed by atoms with Crippen molar-refractivity contribution in [3.05, 3.63) is 58.4 Å². The van der Waals surface area contributed by atoms with E-state index in [2.05, 4.69) is 4.98 Å². The number of halogens is 1. The molecule has 18 heavy (non-hydrogen) atoms. The zero-order chi connectivity index (χ0) is 12.7. The maximum Gasteiger partial charge on any atom is 0.258 e. The molecule has 0 saturated heterocycles. The van der Waals surface area contributed by atoms with E-state index in [1.807, 2.05) is 0 Å². The van der Waals surface area contributed by atoms with Crippen LogP contribution in [0.3, 0.4) is 0 Å². The average molecular weight is 260 g/mol. The molecule has 0 spiro atoms. The molecule has 0 unspecified atom stereocenters. The molecular formula is C13H9FN2OS. The number of nitrogens with zero attached hydrogens (tertiary/aromatic N) is 2. The first kappa shape index (κ1) is 11.1. The van der Waals surface area contributed by atoms with Gasteiger partial charge in [0.1, 0.15) is 5.82 Å². The van der Waals surface area contributed by atoms with Gasteiger partial charge in [-0.2, -0.15) is 0 Å². The maximum atomic E-state index is 12.9. The molecule has 3 nitrogen and oxygen atoms in total. The van der Waals surface area contributed by atoms with Gasteiger partial charge < -0.3 is 0 Å². The lowest BCUT2D eigenvalue weighted by Gasteiger charge is -1.94. The third-order valence-electron chi connectivity index (χ3n) is 2.62. The lowest BCUT2D eigenvalue weighted by atomic mass is 10.2. The summed E-state index contributed by atoms with van der Waals surface area (Å²) < 4.78 is 14.4. The Morgan fingerprint density at radius 3 is 2.72 bits per heavy atom. The summed E-state index contributed by atoms with van der Waals surface area (Å²) >= 11 is 1.41. The number of aryl methyl sites for hydroxylation is 1. The summed E-state index contributed by atoms with van der Waals surface area (Å²) in [4.78, 5) is 17.6. The van der Waals surface area contributed by atoms with Crippen molar-refractivity contribution >= 4 is 16.3 Å². The minimum Gasteiger partial charge on any atom is -0.269 e. The minimum atomic E-state index is -0.272. The number of thiazole rings is 1. The largest absolute Gasteiger partial charge is 0.269 e. The van der Waals surface area contributed by atoms with Crippen LogP contribution in [-0.4, -0.2) is 9.38 Å². The Hall–Kier alpha value is -2.01. The summed E-state index contributed by atoms with van der Waals surface area (Å²) in [5.74, 6) is -0.272. The molecule has 3 rings (SSSR count). The number of fused-ring (bicyclic) bond motifs is 1. The number of hydrogen-bond donors (Lipinski definition) is 0. The summed E-state index contributed by atoms with van der Waals surface area (Å²) in [5.41, 5.74) is 1.48. The molecule has 5 heteroatoms. The van der Waals surface area contributed by atoms with Crippen LogP contribution in [0.5, 0.6) is 0 Å². The molecule has 0 atom stereocenters. The Kier molecular flexibility index (Phi) is 2.48. The van der Waals surface area contributed by atoms with Crippen molar-refractivity contribution in [1.29, 1.82) is 0 Å². The summed E-state index contributed by atoms with van der Waals surface area (Å²) in [5, 5.41) is 0. The standard InChI is InChI=1S/C13H9FN2OS/c1-8-6-12(17)16-7-11(18-13(16)15-8)9-2-4-10(14)5-3-9/h2-7H,1H3. The van der Waals surface area contributed by atoms with Crippen molar-refractivity contribution in [2.24, 2.45) is 0 Å². The quantitative estimate of drug-likeness (QED) is 0.674. The Balaban J connectivity index is 2.22. The van der Waals surface area contributed by atoms with Gasteiger partial charge in [0.25, 0.3) is 5.56 Å². The lowest BCUT2D eigenvalue weighted by molar-refractivity contribution is 0.628. The van der Waals surface area contributed by atoms with Gasteiger partial charge in [0.2, 0.25) is 0 Å². The van der Waals surface area contributed by atoms with Crippen LogP contribution in [0.1, 0.15) is 5.69 Å². The van der Waals surface area contributed by atoms with Crippen molar-refractivity contribution in [1.82, 2.24) is 9.38 Å². The van der Waals surface area contributed by atoms with E-state index in [-0.39, 0.29) is 11.4 Å². The lowest BCUT2D eigenvalue weighted by Crippen LogP contribution is -2.11. The van der Waals surface area contributed by atoms with Crippen LogP contribution in [0, 0.1) is 12.7 Å². The topological polar surface area (TPSA) is 34.4 Å². The van der Waals surface area contributed by atoms with Gasteiger partial charge >= 0.3 is 0 Å². The monoisotopic (exact) mass is 260 g/mol. The van der Waals surface area contributed by atoms with Gasteiger partial charge in [-0.05, 0) is 24.6 Å². The van der Waals surface area contributed by atoms with Crippen molar-refractivity contribution in [3.63, 3.8) is 0 Å². The predicted octanol–water partition coefficient (Wildman–Crippen LogP) is 2.87. The zero-order valence-corrected chi connectivity index (χ0v) is 10.4. The average Bonchev–Trinajstić information content (AvgIpc) is 2.74. The second-order valence-electron chi connectivity index (χ2n) is 3.99. The molecular weight excluding hydrogens is 251 g/mol. The number of benzene rings is 1. The third-order valence-corrected chi connectivity index (χ3v) is 3.66. The van der Waals surface area contributed by atoms with E-state index in [0.29, 0.717) is 10.7 Å². The van der Waals surface area contributed by atoms with Crippen molar-refractivity contribution in [2.75, 3.05) is 0 Å². The van der Waals surface area contributed by atoms with Crippen molar-refractivity contribution in [2.45, 2.75) is 6.92 Å². The van der Waals surface area contributed by atoms with E-state index in [9.17, 15) is 9.18 Å². The number of aromatic nitrogens is 2. The zero-order valence-electron chi connectivity index (χ0n) is 9.55. The molecule has 0 amide bonds. The Labute approximate surface area is 106 Å². The van der Waals surface area contributed by atoms with Crippen LogP contribution in [0.15, 0.2) is 41.3 Å². The molecule has 90 valence electrons. The molecule has 0 aliphatic heterocycles. The molecule has 2 aromatic heterocycles. The van der Waals surface area contributed by atoms with Gasteiger partial charge in [-0.1, -0.05) is 23.5 Å². The molecule has 0 saturated carbocycles. The van der Waals surface area contributed by atoms with E-state index in [1.54, 1.807) is 25.3 Å². The van der Waals surface area contributed by atoms with Gasteiger partial charge in [-0.25, -0.2) is 9.37 Å². The third kappa shape index (κ3) is 1.82. The number of hydrogen-bond acceptors (Lipinski definition) is 3. The summed E-state index contributed by atoms with van der Waals surface area (Å²) in [6, 6.07) is 7.69. The van der Waals surface area contributed by atoms with Crippen LogP contribution >= 0.6 is 11.3 Å². The van der Waals surface area contributed by atoms with E-state index < -0.39 is 0 Å². The highest BCUT2D eigenvalue weighted by Crippen LogP contribution is 2.27. The Bertz CT molecular complexity index is 774. The summed E-state index contributed by atoms with van der Waals surface area (Å²) in [7, 11) is 0.